The van der Waals surface area contributed by atoms with E-state index in [9.17, 15) is 13.2 Å². The van der Waals surface area contributed by atoms with E-state index in [4.69, 9.17) is 5.73 Å². The SMILES string of the molecule is CC(C)(CNC(=O)[C@H](N)C(C)(C)C)NS(C)(=O)=O. The van der Waals surface area contributed by atoms with Gasteiger partial charge in [-0.1, -0.05) is 20.8 Å². The van der Waals surface area contributed by atoms with Crippen molar-refractivity contribution in [1.29, 1.82) is 0 Å². The van der Waals surface area contributed by atoms with Gasteiger partial charge in [0.25, 0.3) is 0 Å². The van der Waals surface area contributed by atoms with Crippen LogP contribution in [0.1, 0.15) is 34.6 Å². The highest BCUT2D eigenvalue weighted by atomic mass is 32.2. The first kappa shape index (κ1) is 17.3. The lowest BCUT2D eigenvalue weighted by Crippen LogP contribution is -2.55. The van der Waals surface area contributed by atoms with Gasteiger partial charge in [0.2, 0.25) is 15.9 Å². The summed E-state index contributed by atoms with van der Waals surface area (Å²) in [6.07, 6.45) is 1.08. The second-order valence-corrected chi connectivity index (χ2v) is 8.07. The van der Waals surface area contributed by atoms with E-state index in [2.05, 4.69) is 10.0 Å². The van der Waals surface area contributed by atoms with Gasteiger partial charge in [-0.15, -0.1) is 0 Å². The number of nitrogens with one attached hydrogen (secondary N) is 2. The summed E-state index contributed by atoms with van der Waals surface area (Å²) in [5, 5.41) is 2.66. The number of nitrogens with two attached hydrogens (primary N) is 1. The minimum absolute atomic E-state index is 0.183. The Bertz CT molecular complexity index is 396. The van der Waals surface area contributed by atoms with Crippen LogP contribution in [-0.4, -0.2) is 38.7 Å². The van der Waals surface area contributed by atoms with Crippen LogP contribution >= 0.6 is 0 Å². The molecule has 6 nitrogen and oxygen atoms in total. The highest BCUT2D eigenvalue weighted by Crippen LogP contribution is 2.17. The molecule has 18 heavy (non-hydrogen) atoms. The predicted molar refractivity (Wildman–Crippen MR) is 72.5 cm³/mol. The Balaban J connectivity index is 4.46. The van der Waals surface area contributed by atoms with Gasteiger partial charge >= 0.3 is 0 Å². The third kappa shape index (κ3) is 6.93. The largest absolute Gasteiger partial charge is 0.353 e. The lowest BCUT2D eigenvalue weighted by atomic mass is 9.87. The monoisotopic (exact) mass is 279 g/mol. The van der Waals surface area contributed by atoms with E-state index in [-0.39, 0.29) is 17.9 Å². The van der Waals surface area contributed by atoms with Crippen molar-refractivity contribution in [2.45, 2.75) is 46.2 Å². The zero-order valence-corrected chi connectivity index (χ0v) is 12.8. The molecule has 4 N–H and O–H groups in total. The molecule has 0 aliphatic carbocycles. The van der Waals surface area contributed by atoms with Crippen molar-refractivity contribution >= 4 is 15.9 Å². The number of rotatable bonds is 5. The topological polar surface area (TPSA) is 101 Å². The highest BCUT2D eigenvalue weighted by molar-refractivity contribution is 7.88. The lowest BCUT2D eigenvalue weighted by Gasteiger charge is -2.29. The molecule has 0 aliphatic rings. The van der Waals surface area contributed by atoms with Crippen molar-refractivity contribution in [3.8, 4) is 0 Å². The van der Waals surface area contributed by atoms with Crippen LogP contribution < -0.4 is 15.8 Å². The van der Waals surface area contributed by atoms with Gasteiger partial charge in [0.15, 0.2) is 0 Å². The van der Waals surface area contributed by atoms with Crippen molar-refractivity contribution in [2.24, 2.45) is 11.1 Å². The Hall–Kier alpha value is -0.660. The minimum Gasteiger partial charge on any atom is -0.353 e. The first-order valence-corrected chi connectivity index (χ1v) is 7.66. The van der Waals surface area contributed by atoms with Crippen LogP contribution in [0.4, 0.5) is 0 Å². The van der Waals surface area contributed by atoms with Gasteiger partial charge in [-0.05, 0) is 19.3 Å². The Morgan fingerprint density at radius 1 is 1.22 bits per heavy atom. The molecular weight excluding hydrogens is 254 g/mol. The lowest BCUT2D eigenvalue weighted by molar-refractivity contribution is -0.124. The highest BCUT2D eigenvalue weighted by Gasteiger charge is 2.29. The average Bonchev–Trinajstić information content (AvgIpc) is 2.07. The van der Waals surface area contributed by atoms with Crippen molar-refractivity contribution in [3.05, 3.63) is 0 Å². The first-order chi connectivity index (χ1) is 7.75. The van der Waals surface area contributed by atoms with Crippen molar-refractivity contribution in [1.82, 2.24) is 10.0 Å². The maximum atomic E-state index is 11.8. The summed E-state index contributed by atoms with van der Waals surface area (Å²) >= 11 is 0. The normalized spacial score (nSPS) is 15.3. The maximum Gasteiger partial charge on any atom is 0.237 e. The predicted octanol–water partition coefficient (Wildman–Crippen LogP) is -0.196. The molecule has 0 radical (unpaired) electrons. The molecule has 0 saturated heterocycles. The van der Waals surface area contributed by atoms with Crippen LogP contribution in [0.5, 0.6) is 0 Å². The summed E-state index contributed by atoms with van der Waals surface area (Å²) in [5.74, 6) is -0.286. The molecule has 0 aromatic rings. The molecule has 0 aliphatic heterocycles. The van der Waals surface area contributed by atoms with Crippen molar-refractivity contribution in [3.63, 3.8) is 0 Å². The Morgan fingerprint density at radius 2 is 1.67 bits per heavy atom. The van der Waals surface area contributed by atoms with Crippen LogP contribution in [0.3, 0.4) is 0 Å². The zero-order valence-electron chi connectivity index (χ0n) is 12.0. The van der Waals surface area contributed by atoms with Gasteiger partial charge in [-0.3, -0.25) is 4.79 Å². The second-order valence-electron chi connectivity index (χ2n) is 6.32. The second kappa shape index (κ2) is 5.54. The maximum absolute atomic E-state index is 11.8. The van der Waals surface area contributed by atoms with E-state index in [0.717, 1.165) is 6.26 Å². The number of amides is 1. The minimum atomic E-state index is -3.31. The van der Waals surface area contributed by atoms with E-state index in [1.54, 1.807) is 13.8 Å². The van der Waals surface area contributed by atoms with Crippen LogP contribution in [0, 0.1) is 5.41 Å². The number of hydrogen-bond donors (Lipinski definition) is 3. The molecule has 0 spiro atoms. The molecule has 0 unspecified atom stereocenters. The van der Waals surface area contributed by atoms with Crippen LogP contribution in [-0.2, 0) is 14.8 Å². The summed E-state index contributed by atoms with van der Waals surface area (Å²) in [7, 11) is -3.31. The standard InChI is InChI=1S/C11H25N3O3S/c1-10(2,3)8(12)9(15)13-7-11(4,5)14-18(6,16)17/h8,14H,7,12H2,1-6H3,(H,13,15)/t8-/m0/s1. The smallest absolute Gasteiger partial charge is 0.237 e. The quantitative estimate of drug-likeness (QED) is 0.649. The van der Waals surface area contributed by atoms with Gasteiger partial charge in [-0.2, -0.15) is 0 Å². The first-order valence-electron chi connectivity index (χ1n) is 5.77. The Morgan fingerprint density at radius 3 is 2.00 bits per heavy atom. The molecule has 0 heterocycles. The van der Waals surface area contributed by atoms with Crippen LogP contribution in [0.25, 0.3) is 0 Å². The number of carbonyl (C=O) groups excluding carboxylic acids is 1. The number of hydrogen-bond acceptors (Lipinski definition) is 4. The summed E-state index contributed by atoms with van der Waals surface area (Å²) in [6.45, 7) is 9.18. The van der Waals surface area contributed by atoms with Crippen LogP contribution in [0.2, 0.25) is 0 Å². The molecule has 0 fully saturated rings. The van der Waals surface area contributed by atoms with E-state index < -0.39 is 21.6 Å². The fourth-order valence-corrected chi connectivity index (χ4v) is 2.43. The van der Waals surface area contributed by atoms with Gasteiger partial charge < -0.3 is 11.1 Å². The zero-order chi connectivity index (χ0) is 14.8. The van der Waals surface area contributed by atoms with E-state index in [0.29, 0.717) is 0 Å². The van der Waals surface area contributed by atoms with Gasteiger partial charge in [0.1, 0.15) is 0 Å². The molecule has 0 aromatic heterocycles. The Kier molecular flexibility index (Phi) is 5.34. The third-order valence-electron chi connectivity index (χ3n) is 2.38. The molecule has 108 valence electrons. The molecular formula is C11H25N3O3S. The van der Waals surface area contributed by atoms with Crippen molar-refractivity contribution in [2.75, 3.05) is 12.8 Å². The number of sulfonamides is 1. The number of carbonyl (C=O) groups is 1. The van der Waals surface area contributed by atoms with Gasteiger partial charge in [-0.25, -0.2) is 13.1 Å². The average molecular weight is 279 g/mol. The fraction of sp³-hybridized carbons (Fsp3) is 0.909. The summed E-state index contributed by atoms with van der Waals surface area (Å²) in [4.78, 5) is 11.8. The van der Waals surface area contributed by atoms with E-state index in [1.165, 1.54) is 0 Å². The van der Waals surface area contributed by atoms with Crippen molar-refractivity contribution < 1.29 is 13.2 Å². The third-order valence-corrected chi connectivity index (χ3v) is 3.31. The fourth-order valence-electron chi connectivity index (χ4n) is 1.35. The molecule has 0 saturated carbocycles. The van der Waals surface area contributed by atoms with E-state index >= 15 is 0 Å². The van der Waals surface area contributed by atoms with Gasteiger partial charge in [0, 0.05) is 12.1 Å². The Labute approximate surface area is 110 Å². The summed E-state index contributed by atoms with van der Waals surface area (Å²) in [6, 6.07) is -0.633. The van der Waals surface area contributed by atoms with E-state index in [1.807, 2.05) is 20.8 Å². The molecule has 1 amide bonds. The molecule has 0 aromatic carbocycles. The van der Waals surface area contributed by atoms with Gasteiger partial charge in [0.05, 0.1) is 12.3 Å². The molecule has 7 heteroatoms. The summed E-state index contributed by atoms with van der Waals surface area (Å²) in [5.41, 5.74) is 4.72. The molecule has 1 atom stereocenters. The molecule has 0 bridgehead atoms. The summed E-state index contributed by atoms with van der Waals surface area (Å²) < 4.78 is 24.7. The van der Waals surface area contributed by atoms with Crippen LogP contribution in [0.15, 0.2) is 0 Å². The molecule has 0 rings (SSSR count).